The Labute approximate surface area is 184 Å². The zero-order valence-electron chi connectivity index (χ0n) is 19.2. The second-order valence-corrected chi connectivity index (χ2v) is 8.72. The fourth-order valence-electron chi connectivity index (χ4n) is 4.72. The van der Waals surface area contributed by atoms with Crippen LogP contribution in [0.3, 0.4) is 0 Å². The molecule has 0 saturated carbocycles. The number of benzene rings is 2. The van der Waals surface area contributed by atoms with Gasteiger partial charge in [0.2, 0.25) is 0 Å². The first kappa shape index (κ1) is 21.2. The zero-order chi connectivity index (χ0) is 22.1. The summed E-state index contributed by atoms with van der Waals surface area (Å²) in [7, 11) is 1.94. The van der Waals surface area contributed by atoms with Crippen LogP contribution in [-0.4, -0.2) is 40.9 Å². The van der Waals surface area contributed by atoms with Crippen molar-refractivity contribution in [2.45, 2.75) is 46.5 Å². The third kappa shape index (κ3) is 4.22. The molecule has 0 bridgehead atoms. The van der Waals surface area contributed by atoms with E-state index in [4.69, 9.17) is 0 Å². The van der Waals surface area contributed by atoms with E-state index in [1.165, 1.54) is 5.56 Å². The quantitative estimate of drug-likeness (QED) is 0.601. The molecule has 1 saturated heterocycles. The summed E-state index contributed by atoms with van der Waals surface area (Å²) in [4.78, 5) is 23.4. The van der Waals surface area contributed by atoms with Crippen molar-refractivity contribution in [1.29, 1.82) is 0 Å². The number of carbonyl (C=O) groups is 1. The monoisotopic (exact) mass is 416 g/mol. The molecule has 1 aromatic heterocycles. The molecule has 2 aromatic carbocycles. The minimum Gasteiger partial charge on any atom is -0.388 e. The lowest BCUT2D eigenvalue weighted by Crippen LogP contribution is -2.38. The van der Waals surface area contributed by atoms with Crippen LogP contribution in [0.1, 0.15) is 57.3 Å². The maximum absolute atomic E-state index is 13.4. The first-order chi connectivity index (χ1) is 14.9. The van der Waals surface area contributed by atoms with E-state index in [1.807, 2.05) is 38.8 Å². The normalized spacial score (nSPS) is 14.7. The maximum atomic E-state index is 13.4. The van der Waals surface area contributed by atoms with Gasteiger partial charge in [-0.2, -0.15) is 0 Å². The van der Waals surface area contributed by atoms with Gasteiger partial charge in [0.1, 0.15) is 5.82 Å². The second-order valence-electron chi connectivity index (χ2n) is 8.72. The summed E-state index contributed by atoms with van der Waals surface area (Å²) in [6.07, 6.45) is 2.00. The summed E-state index contributed by atoms with van der Waals surface area (Å²) in [6, 6.07) is 12.8. The van der Waals surface area contributed by atoms with Crippen LogP contribution in [0.25, 0.3) is 11.3 Å². The van der Waals surface area contributed by atoms with Crippen LogP contribution in [0.15, 0.2) is 36.4 Å². The summed E-state index contributed by atoms with van der Waals surface area (Å²) in [5, 5.41) is 3.17. The maximum Gasteiger partial charge on any atom is 0.254 e. The summed E-state index contributed by atoms with van der Waals surface area (Å²) < 4.78 is 0. The minimum absolute atomic E-state index is 0.132. The van der Waals surface area contributed by atoms with Gasteiger partial charge in [-0.15, -0.1) is 0 Å². The highest BCUT2D eigenvalue weighted by atomic mass is 16.2. The second kappa shape index (κ2) is 8.58. The number of aromatic nitrogens is 2. The highest BCUT2D eigenvalue weighted by molar-refractivity contribution is 5.97. The largest absolute Gasteiger partial charge is 0.388 e. The smallest absolute Gasteiger partial charge is 0.254 e. The van der Waals surface area contributed by atoms with Gasteiger partial charge in [-0.3, -0.25) is 4.79 Å². The topological polar surface area (TPSA) is 61.0 Å². The number of aryl methyl sites for hydroxylation is 4. The first-order valence-corrected chi connectivity index (χ1v) is 11.1. The minimum atomic E-state index is 0.132. The number of nitrogens with one attached hydrogen (secondary N) is 2. The standard InChI is InChI=1S/C26H32N4O/c1-16-14-17(2)24(15-23(16)25-18(3)28-19(4)29-25)26(31)30-12-10-21(11-13-30)20-6-8-22(27-5)9-7-20/h6-9,14-15,21,27H,10-13H2,1-5H3,(H,28,29). The van der Waals surface area contributed by atoms with E-state index in [9.17, 15) is 4.79 Å². The first-order valence-electron chi connectivity index (χ1n) is 11.1. The van der Waals surface area contributed by atoms with Gasteiger partial charge in [-0.1, -0.05) is 18.2 Å². The molecule has 1 amide bonds. The van der Waals surface area contributed by atoms with Crippen molar-refractivity contribution in [1.82, 2.24) is 14.9 Å². The number of carbonyl (C=O) groups excluding carboxylic acids is 1. The number of imidazole rings is 1. The SMILES string of the molecule is CNc1ccc(C2CCN(C(=O)c3cc(-c4nc(C)[nH]c4C)c(C)cc3C)CC2)cc1. The molecule has 5 nitrogen and oxygen atoms in total. The molecule has 1 aliphatic heterocycles. The molecule has 3 aromatic rings. The molecule has 0 aliphatic carbocycles. The third-order valence-corrected chi connectivity index (χ3v) is 6.51. The average Bonchev–Trinajstić information content (AvgIpc) is 3.11. The van der Waals surface area contributed by atoms with E-state index in [0.29, 0.717) is 5.92 Å². The van der Waals surface area contributed by atoms with Crippen LogP contribution < -0.4 is 5.32 Å². The Kier molecular flexibility index (Phi) is 5.86. The van der Waals surface area contributed by atoms with Crippen LogP contribution in [0.5, 0.6) is 0 Å². The fourth-order valence-corrected chi connectivity index (χ4v) is 4.72. The molecule has 0 atom stereocenters. The van der Waals surface area contributed by atoms with Gasteiger partial charge in [-0.05, 0) is 81.3 Å². The van der Waals surface area contributed by atoms with Gasteiger partial charge < -0.3 is 15.2 Å². The number of hydrogen-bond donors (Lipinski definition) is 2. The van der Waals surface area contributed by atoms with E-state index in [0.717, 1.165) is 71.1 Å². The number of hydrogen-bond acceptors (Lipinski definition) is 3. The van der Waals surface area contributed by atoms with Crippen molar-refractivity contribution < 1.29 is 4.79 Å². The van der Waals surface area contributed by atoms with Crippen LogP contribution in [0, 0.1) is 27.7 Å². The molecular weight excluding hydrogens is 384 g/mol. The number of H-pyrrole nitrogens is 1. The van der Waals surface area contributed by atoms with Gasteiger partial charge >= 0.3 is 0 Å². The summed E-state index contributed by atoms with van der Waals surface area (Å²) in [5.74, 6) is 1.54. The molecule has 5 heteroatoms. The Bertz CT molecular complexity index is 1090. The van der Waals surface area contributed by atoms with Crippen molar-refractivity contribution in [3.8, 4) is 11.3 Å². The number of anilines is 1. The van der Waals surface area contributed by atoms with E-state index in [-0.39, 0.29) is 5.91 Å². The predicted molar refractivity (Wildman–Crippen MR) is 127 cm³/mol. The van der Waals surface area contributed by atoms with Gasteiger partial charge in [0, 0.05) is 42.6 Å². The molecule has 2 heterocycles. The number of aromatic amines is 1. The van der Waals surface area contributed by atoms with Crippen molar-refractivity contribution in [3.05, 3.63) is 70.2 Å². The zero-order valence-corrected chi connectivity index (χ0v) is 19.2. The number of rotatable bonds is 4. The third-order valence-electron chi connectivity index (χ3n) is 6.51. The lowest BCUT2D eigenvalue weighted by atomic mass is 9.88. The van der Waals surface area contributed by atoms with Gasteiger partial charge in [-0.25, -0.2) is 4.98 Å². The summed E-state index contributed by atoms with van der Waals surface area (Å²) >= 11 is 0. The number of amides is 1. The Morgan fingerprint density at radius 1 is 1.03 bits per heavy atom. The van der Waals surface area contributed by atoms with Gasteiger partial charge in [0.05, 0.1) is 5.69 Å². The van der Waals surface area contributed by atoms with Crippen LogP contribution in [0.4, 0.5) is 5.69 Å². The van der Waals surface area contributed by atoms with E-state index < -0.39 is 0 Å². The molecule has 162 valence electrons. The van der Waals surface area contributed by atoms with Crippen molar-refractivity contribution in [2.24, 2.45) is 0 Å². The molecule has 4 rings (SSSR count). The number of piperidine rings is 1. The Hall–Kier alpha value is -3.08. The Balaban J connectivity index is 1.52. The lowest BCUT2D eigenvalue weighted by molar-refractivity contribution is 0.0712. The molecule has 1 aliphatic rings. The fraction of sp³-hybridized carbons (Fsp3) is 0.385. The number of likely N-dealkylation sites (tertiary alicyclic amines) is 1. The summed E-state index contributed by atoms with van der Waals surface area (Å²) in [5.41, 5.74) is 8.47. The van der Waals surface area contributed by atoms with E-state index >= 15 is 0 Å². The highest BCUT2D eigenvalue weighted by Crippen LogP contribution is 2.32. The van der Waals surface area contributed by atoms with Crippen LogP contribution in [0.2, 0.25) is 0 Å². The van der Waals surface area contributed by atoms with E-state index in [2.05, 4.69) is 52.5 Å². The molecule has 2 N–H and O–H groups in total. The molecule has 0 radical (unpaired) electrons. The molecule has 0 spiro atoms. The van der Waals surface area contributed by atoms with Gasteiger partial charge in [0.25, 0.3) is 5.91 Å². The van der Waals surface area contributed by atoms with Crippen molar-refractivity contribution in [3.63, 3.8) is 0 Å². The molecule has 1 fully saturated rings. The Morgan fingerprint density at radius 2 is 1.71 bits per heavy atom. The predicted octanol–water partition coefficient (Wildman–Crippen LogP) is 5.37. The van der Waals surface area contributed by atoms with E-state index in [1.54, 1.807) is 0 Å². The van der Waals surface area contributed by atoms with Crippen molar-refractivity contribution in [2.75, 3.05) is 25.5 Å². The number of nitrogens with zero attached hydrogens (tertiary/aromatic N) is 2. The summed E-state index contributed by atoms with van der Waals surface area (Å²) in [6.45, 7) is 9.70. The van der Waals surface area contributed by atoms with Gasteiger partial charge in [0.15, 0.2) is 0 Å². The molecular formula is C26H32N4O. The average molecular weight is 417 g/mol. The van der Waals surface area contributed by atoms with Crippen LogP contribution in [-0.2, 0) is 0 Å². The highest BCUT2D eigenvalue weighted by Gasteiger charge is 2.26. The Morgan fingerprint density at radius 3 is 2.29 bits per heavy atom. The van der Waals surface area contributed by atoms with Crippen LogP contribution >= 0.6 is 0 Å². The molecule has 0 unspecified atom stereocenters. The van der Waals surface area contributed by atoms with Crippen molar-refractivity contribution >= 4 is 11.6 Å². The molecule has 31 heavy (non-hydrogen) atoms. The lowest BCUT2D eigenvalue weighted by Gasteiger charge is -2.33.